The largest absolute Gasteiger partial charge is 0.330 e. The molecule has 2 aromatic heterocycles. The highest BCUT2D eigenvalue weighted by Crippen LogP contribution is 2.33. The second-order valence-electron chi connectivity index (χ2n) is 3.89. The van der Waals surface area contributed by atoms with Gasteiger partial charge in [-0.2, -0.15) is 0 Å². The Morgan fingerprint density at radius 3 is 2.79 bits per heavy atom. The van der Waals surface area contributed by atoms with Gasteiger partial charge in [0, 0.05) is 0 Å². The van der Waals surface area contributed by atoms with Crippen LogP contribution in [-0.2, 0) is 0 Å². The number of benzene rings is 1. The molecule has 0 bridgehead atoms. The Morgan fingerprint density at radius 1 is 1.21 bits per heavy atom. The minimum absolute atomic E-state index is 0.352. The number of hydrogen-bond donors (Lipinski definition) is 1. The van der Waals surface area contributed by atoms with Crippen molar-refractivity contribution in [2.24, 2.45) is 0 Å². The van der Waals surface area contributed by atoms with Crippen molar-refractivity contribution in [3.8, 4) is 0 Å². The van der Waals surface area contributed by atoms with Gasteiger partial charge in [-0.05, 0) is 18.6 Å². The number of rotatable bonds is 2. The van der Waals surface area contributed by atoms with Gasteiger partial charge in [0.1, 0.15) is 16.7 Å². The van der Waals surface area contributed by atoms with Crippen LogP contribution in [0, 0.1) is 6.92 Å². The van der Waals surface area contributed by atoms with E-state index in [2.05, 4.69) is 20.3 Å². The predicted molar refractivity (Wildman–Crippen MR) is 79.7 cm³/mol. The first-order valence-electron chi connectivity index (χ1n) is 5.44. The van der Waals surface area contributed by atoms with E-state index in [-0.39, 0.29) is 0 Å². The van der Waals surface area contributed by atoms with Crippen LogP contribution >= 0.6 is 34.5 Å². The minimum Gasteiger partial charge on any atom is -0.330 e. The molecule has 96 valence electrons. The van der Waals surface area contributed by atoms with Crippen LogP contribution < -0.4 is 5.32 Å². The number of nitrogens with zero attached hydrogens (tertiary/aromatic N) is 3. The van der Waals surface area contributed by atoms with Crippen LogP contribution in [0.2, 0.25) is 10.2 Å². The molecule has 0 saturated carbocycles. The third-order valence-electron chi connectivity index (χ3n) is 2.60. The van der Waals surface area contributed by atoms with E-state index >= 15 is 0 Å². The number of fused-ring (bicyclic) bond motifs is 1. The van der Waals surface area contributed by atoms with Gasteiger partial charge in [-0.15, -0.1) is 0 Å². The van der Waals surface area contributed by atoms with Gasteiger partial charge in [0.2, 0.25) is 0 Å². The van der Waals surface area contributed by atoms with Crippen LogP contribution in [0.25, 0.3) is 10.3 Å². The zero-order chi connectivity index (χ0) is 13.4. The molecule has 1 aromatic carbocycles. The molecule has 1 N–H and O–H groups in total. The van der Waals surface area contributed by atoms with Crippen molar-refractivity contribution in [2.45, 2.75) is 6.92 Å². The van der Waals surface area contributed by atoms with Crippen LogP contribution in [-0.4, -0.2) is 15.0 Å². The second-order valence-corrected chi connectivity index (χ2v) is 5.64. The maximum atomic E-state index is 6.17. The summed E-state index contributed by atoms with van der Waals surface area (Å²) in [6.45, 7) is 1.98. The summed E-state index contributed by atoms with van der Waals surface area (Å²) in [4.78, 5) is 13.2. The Hall–Kier alpha value is -1.43. The van der Waals surface area contributed by atoms with Crippen molar-refractivity contribution in [1.82, 2.24) is 15.0 Å². The molecule has 0 aliphatic carbocycles. The van der Waals surface area contributed by atoms with Crippen molar-refractivity contribution in [3.05, 3.63) is 40.3 Å². The van der Waals surface area contributed by atoms with E-state index in [1.807, 2.05) is 25.1 Å². The van der Waals surface area contributed by atoms with Crippen LogP contribution in [0.15, 0.2) is 24.5 Å². The molecule has 0 aliphatic rings. The summed E-state index contributed by atoms with van der Waals surface area (Å²) in [6, 6.07) is 5.72. The van der Waals surface area contributed by atoms with Gasteiger partial charge >= 0.3 is 0 Å². The minimum atomic E-state index is 0.352. The summed E-state index contributed by atoms with van der Waals surface area (Å²) in [6.07, 6.45) is 1.42. The molecule has 0 atom stereocenters. The lowest BCUT2D eigenvalue weighted by molar-refractivity contribution is 1.22. The highest BCUT2D eigenvalue weighted by Gasteiger charge is 2.11. The van der Waals surface area contributed by atoms with Crippen molar-refractivity contribution >= 4 is 55.7 Å². The highest BCUT2D eigenvalue weighted by atomic mass is 35.5. The maximum absolute atomic E-state index is 6.17. The summed E-state index contributed by atoms with van der Waals surface area (Å²) in [5, 5.41) is 4.90. The molecule has 4 nitrogen and oxygen atoms in total. The molecule has 0 saturated heterocycles. The molecule has 0 fully saturated rings. The third-order valence-corrected chi connectivity index (χ3v) is 4.07. The number of anilines is 2. The van der Waals surface area contributed by atoms with Crippen LogP contribution in [0.3, 0.4) is 0 Å². The van der Waals surface area contributed by atoms with Gasteiger partial charge in [0.25, 0.3) is 0 Å². The van der Waals surface area contributed by atoms with Gasteiger partial charge in [-0.1, -0.05) is 46.7 Å². The smallest absolute Gasteiger partial charge is 0.189 e. The molecule has 0 radical (unpaired) electrons. The fraction of sp³-hybridized carbons (Fsp3) is 0.0833. The molecule has 0 amide bonds. The summed E-state index contributed by atoms with van der Waals surface area (Å²) in [5.41, 5.74) is 2.48. The molecular weight excluding hydrogens is 303 g/mol. The lowest BCUT2D eigenvalue weighted by Crippen LogP contribution is -1.93. The van der Waals surface area contributed by atoms with Gasteiger partial charge < -0.3 is 5.32 Å². The summed E-state index contributed by atoms with van der Waals surface area (Å²) in [7, 11) is 0. The van der Waals surface area contributed by atoms with Gasteiger partial charge in [0.15, 0.2) is 10.3 Å². The maximum Gasteiger partial charge on any atom is 0.189 e. The number of aryl methyl sites for hydroxylation is 1. The number of para-hydroxylation sites is 1. The Balaban J connectivity index is 2.04. The van der Waals surface area contributed by atoms with Crippen LogP contribution in [0.5, 0.6) is 0 Å². The summed E-state index contributed by atoms with van der Waals surface area (Å²) >= 11 is 13.6. The standard InChI is InChI=1S/C12H8Cl2N4S/c1-6-3-2-4-7(13)8(6)17-12-18-9-10(14)15-5-16-11(9)19-12/h2-5H,1H3,(H,17,18). The fourth-order valence-electron chi connectivity index (χ4n) is 1.68. The first-order valence-corrected chi connectivity index (χ1v) is 7.01. The molecular formula is C12H8Cl2N4S. The number of aromatic nitrogens is 3. The lowest BCUT2D eigenvalue weighted by atomic mass is 10.2. The Bertz CT molecular complexity index is 736. The van der Waals surface area contributed by atoms with Crippen molar-refractivity contribution in [3.63, 3.8) is 0 Å². The number of hydrogen-bond acceptors (Lipinski definition) is 5. The van der Waals surface area contributed by atoms with Gasteiger partial charge in [0.05, 0.1) is 10.7 Å². The molecule has 0 spiro atoms. The van der Waals surface area contributed by atoms with Crippen LogP contribution in [0.4, 0.5) is 10.8 Å². The lowest BCUT2D eigenvalue weighted by Gasteiger charge is -2.08. The average molecular weight is 311 g/mol. The van der Waals surface area contributed by atoms with Crippen molar-refractivity contribution in [2.75, 3.05) is 5.32 Å². The highest BCUT2D eigenvalue weighted by molar-refractivity contribution is 7.21. The monoisotopic (exact) mass is 310 g/mol. The van der Waals surface area contributed by atoms with Crippen LogP contribution in [0.1, 0.15) is 5.56 Å². The van der Waals surface area contributed by atoms with E-state index in [0.29, 0.717) is 20.8 Å². The number of thiazole rings is 1. The first-order chi connectivity index (χ1) is 9.15. The molecule has 0 unspecified atom stereocenters. The van der Waals surface area contributed by atoms with Gasteiger partial charge in [-0.3, -0.25) is 0 Å². The summed E-state index contributed by atoms with van der Waals surface area (Å²) in [5.74, 6) is 0. The number of nitrogens with one attached hydrogen (secondary N) is 1. The Morgan fingerprint density at radius 2 is 2.05 bits per heavy atom. The van der Waals surface area contributed by atoms with Crippen molar-refractivity contribution in [1.29, 1.82) is 0 Å². The Kier molecular flexibility index (Phi) is 3.26. The molecule has 3 aromatic rings. The van der Waals surface area contributed by atoms with E-state index in [1.54, 1.807) is 0 Å². The van der Waals surface area contributed by atoms with E-state index in [0.717, 1.165) is 16.1 Å². The predicted octanol–water partition coefficient (Wildman–Crippen LogP) is 4.45. The quantitative estimate of drug-likeness (QED) is 0.711. The molecule has 3 rings (SSSR count). The van der Waals surface area contributed by atoms with E-state index < -0.39 is 0 Å². The Labute approximate surface area is 123 Å². The third kappa shape index (κ3) is 2.36. The first kappa shape index (κ1) is 12.6. The molecule has 2 heterocycles. The summed E-state index contributed by atoms with van der Waals surface area (Å²) < 4.78 is 0. The second kappa shape index (κ2) is 4.92. The van der Waals surface area contributed by atoms with E-state index in [9.17, 15) is 0 Å². The molecule has 19 heavy (non-hydrogen) atoms. The van der Waals surface area contributed by atoms with E-state index in [4.69, 9.17) is 23.2 Å². The van der Waals surface area contributed by atoms with Crippen molar-refractivity contribution < 1.29 is 0 Å². The van der Waals surface area contributed by atoms with Gasteiger partial charge in [-0.25, -0.2) is 15.0 Å². The average Bonchev–Trinajstić information content (AvgIpc) is 2.78. The topological polar surface area (TPSA) is 50.7 Å². The molecule has 0 aliphatic heterocycles. The SMILES string of the molecule is Cc1cccc(Cl)c1Nc1nc2c(Cl)ncnc2s1. The van der Waals surface area contributed by atoms with E-state index in [1.165, 1.54) is 17.7 Å². The zero-order valence-corrected chi connectivity index (χ0v) is 12.1. The number of halogens is 2. The normalized spacial score (nSPS) is 10.9. The molecule has 7 heteroatoms. The zero-order valence-electron chi connectivity index (χ0n) is 9.82. The fourth-order valence-corrected chi connectivity index (χ4v) is 2.99.